The normalized spacial score (nSPS) is 12.2. The van der Waals surface area contributed by atoms with E-state index in [1.807, 2.05) is 20.8 Å². The molecule has 206 valence electrons. The van der Waals surface area contributed by atoms with Gasteiger partial charge in [0.05, 0.1) is 32.6 Å². The number of carbonyl (C=O) groups is 1. The molecule has 0 spiro atoms. The lowest BCUT2D eigenvalue weighted by Crippen LogP contribution is -2.39. The van der Waals surface area contributed by atoms with E-state index in [9.17, 15) is 24.1 Å². The zero-order chi connectivity index (χ0) is 29.0. The molecule has 1 unspecified atom stereocenters. The van der Waals surface area contributed by atoms with Crippen LogP contribution in [-0.2, 0) is 4.79 Å². The summed E-state index contributed by atoms with van der Waals surface area (Å²) in [6.07, 6.45) is 3.43. The number of nitrogens with zero attached hydrogens (tertiary/aromatic N) is 4. The average molecular weight is 563 g/mol. The third-order valence-electron chi connectivity index (χ3n) is 6.39. The number of benzene rings is 3. The van der Waals surface area contributed by atoms with Crippen molar-refractivity contribution in [1.82, 2.24) is 14.5 Å². The second kappa shape index (κ2) is 12.2. The first-order valence-corrected chi connectivity index (χ1v) is 13.2. The number of hydrogen-bond donors (Lipinski definition) is 0. The Kier molecular flexibility index (Phi) is 8.74. The summed E-state index contributed by atoms with van der Waals surface area (Å²) in [5.74, 6) is -0.517. The fourth-order valence-electron chi connectivity index (χ4n) is 4.52. The fraction of sp³-hybridized carbons (Fsp3) is 0.233. The monoisotopic (exact) mass is 562 g/mol. The summed E-state index contributed by atoms with van der Waals surface area (Å²) in [6.45, 7) is 6.23. The molecule has 4 aromatic rings. The van der Waals surface area contributed by atoms with Gasteiger partial charge in [-0.15, -0.1) is 0 Å². The molecule has 0 aliphatic heterocycles. The maximum atomic E-state index is 14.0. The van der Waals surface area contributed by atoms with Crippen LogP contribution >= 0.6 is 11.6 Å². The van der Waals surface area contributed by atoms with E-state index in [-0.39, 0.29) is 28.1 Å². The number of hydrogen-bond acceptors (Lipinski definition) is 5. The van der Waals surface area contributed by atoms with Gasteiger partial charge in [0, 0.05) is 24.8 Å². The molecule has 0 aliphatic rings. The highest BCUT2D eigenvalue weighted by Crippen LogP contribution is 2.28. The van der Waals surface area contributed by atoms with Gasteiger partial charge >= 0.3 is 0 Å². The van der Waals surface area contributed by atoms with Crippen LogP contribution < -0.4 is 5.56 Å². The van der Waals surface area contributed by atoms with Crippen LogP contribution in [0.2, 0.25) is 5.02 Å². The van der Waals surface area contributed by atoms with Crippen LogP contribution in [0, 0.1) is 21.8 Å². The number of non-ortho nitro benzene ring substituents is 1. The molecule has 40 heavy (non-hydrogen) atoms. The fourth-order valence-corrected chi connectivity index (χ4v) is 4.70. The molecule has 4 rings (SSSR count). The Morgan fingerprint density at radius 1 is 1.15 bits per heavy atom. The van der Waals surface area contributed by atoms with E-state index in [0.29, 0.717) is 40.9 Å². The summed E-state index contributed by atoms with van der Waals surface area (Å²) in [6, 6.07) is 16.2. The quantitative estimate of drug-likeness (QED) is 0.128. The van der Waals surface area contributed by atoms with Crippen molar-refractivity contribution in [2.75, 3.05) is 6.54 Å². The molecule has 1 amide bonds. The number of fused-ring (bicyclic) bond motifs is 1. The minimum atomic E-state index is -0.617. The van der Waals surface area contributed by atoms with Crippen LogP contribution in [0.25, 0.3) is 22.7 Å². The van der Waals surface area contributed by atoms with E-state index in [4.69, 9.17) is 16.6 Å². The first kappa shape index (κ1) is 28.6. The predicted molar refractivity (Wildman–Crippen MR) is 154 cm³/mol. The summed E-state index contributed by atoms with van der Waals surface area (Å²) in [5.41, 5.74) is 1.03. The van der Waals surface area contributed by atoms with Crippen molar-refractivity contribution < 1.29 is 14.1 Å². The van der Waals surface area contributed by atoms with E-state index < -0.39 is 16.8 Å². The zero-order valence-corrected chi connectivity index (χ0v) is 23.0. The second-order valence-corrected chi connectivity index (χ2v) is 10.1. The molecular formula is C30H28ClFN4O4. The van der Waals surface area contributed by atoms with Gasteiger partial charge in [-0.25, -0.2) is 9.37 Å². The second-order valence-electron chi connectivity index (χ2n) is 9.72. The average Bonchev–Trinajstić information content (AvgIpc) is 2.93. The lowest BCUT2D eigenvalue weighted by Gasteiger charge is -2.33. The smallest absolute Gasteiger partial charge is 0.269 e. The summed E-state index contributed by atoms with van der Waals surface area (Å²) in [4.78, 5) is 44.4. The van der Waals surface area contributed by atoms with Gasteiger partial charge in [-0.05, 0) is 66.4 Å². The summed E-state index contributed by atoms with van der Waals surface area (Å²) in [5, 5.41) is 11.2. The molecule has 0 aliphatic carbocycles. The summed E-state index contributed by atoms with van der Waals surface area (Å²) >= 11 is 6.09. The zero-order valence-electron chi connectivity index (χ0n) is 22.3. The third-order valence-corrected chi connectivity index (χ3v) is 6.68. The highest BCUT2D eigenvalue weighted by molar-refractivity contribution is 6.30. The first-order valence-electron chi connectivity index (χ1n) is 12.8. The Morgan fingerprint density at radius 3 is 2.48 bits per heavy atom. The number of halogens is 2. The number of rotatable bonds is 9. The first-order chi connectivity index (χ1) is 19.1. The molecule has 3 aromatic carbocycles. The maximum absolute atomic E-state index is 14.0. The van der Waals surface area contributed by atoms with Crippen molar-refractivity contribution in [3.05, 3.63) is 116 Å². The molecule has 0 radical (unpaired) electrons. The maximum Gasteiger partial charge on any atom is 0.269 e. The number of para-hydroxylation sites is 1. The molecule has 10 heteroatoms. The van der Waals surface area contributed by atoms with E-state index in [1.54, 1.807) is 47.4 Å². The van der Waals surface area contributed by atoms with Crippen LogP contribution in [0.15, 0.2) is 77.6 Å². The molecule has 0 saturated heterocycles. The van der Waals surface area contributed by atoms with Crippen LogP contribution in [0.4, 0.5) is 10.1 Å². The number of nitro benzene ring substituents is 1. The minimum Gasteiger partial charge on any atom is -0.329 e. The van der Waals surface area contributed by atoms with Gasteiger partial charge in [0.1, 0.15) is 11.6 Å². The standard InChI is InChI=1S/C30H28ClFN4O4/c1-4-27(34(18-19(2)3)28(37)16-11-20-9-12-21(13-10-20)36(39)40)29-33-26-8-6-5-7-23(26)30(38)35(29)22-14-15-25(32)24(31)17-22/h5-17,19,27H,4,18H2,1-3H3/b16-11+. The number of nitro groups is 1. The van der Waals surface area contributed by atoms with Crippen LogP contribution in [0.3, 0.4) is 0 Å². The molecule has 1 atom stereocenters. The van der Waals surface area contributed by atoms with Crippen LogP contribution in [0.1, 0.15) is 44.6 Å². The van der Waals surface area contributed by atoms with Crippen molar-refractivity contribution in [3.8, 4) is 5.69 Å². The Hall–Kier alpha value is -4.37. The van der Waals surface area contributed by atoms with Crippen molar-refractivity contribution >= 4 is 40.2 Å². The molecule has 0 bridgehead atoms. The number of amides is 1. The van der Waals surface area contributed by atoms with E-state index in [1.165, 1.54) is 41.0 Å². The molecule has 0 fully saturated rings. The Labute approximate surface area is 235 Å². The van der Waals surface area contributed by atoms with Crippen LogP contribution in [0.5, 0.6) is 0 Å². The lowest BCUT2D eigenvalue weighted by molar-refractivity contribution is -0.384. The van der Waals surface area contributed by atoms with Gasteiger partial charge in [-0.1, -0.05) is 44.5 Å². The van der Waals surface area contributed by atoms with Gasteiger partial charge in [0.2, 0.25) is 5.91 Å². The highest BCUT2D eigenvalue weighted by atomic mass is 35.5. The van der Waals surface area contributed by atoms with Gasteiger partial charge in [0.25, 0.3) is 11.2 Å². The molecule has 8 nitrogen and oxygen atoms in total. The van der Waals surface area contributed by atoms with E-state index in [0.717, 1.165) is 0 Å². The van der Waals surface area contributed by atoms with Crippen molar-refractivity contribution in [2.45, 2.75) is 33.2 Å². The molecule has 0 saturated carbocycles. The van der Waals surface area contributed by atoms with Crippen molar-refractivity contribution in [3.63, 3.8) is 0 Å². The largest absolute Gasteiger partial charge is 0.329 e. The molecule has 1 aromatic heterocycles. The molecule has 1 heterocycles. The van der Waals surface area contributed by atoms with E-state index >= 15 is 0 Å². The highest BCUT2D eigenvalue weighted by Gasteiger charge is 2.29. The predicted octanol–water partition coefficient (Wildman–Crippen LogP) is 6.74. The topological polar surface area (TPSA) is 98.3 Å². The molecule has 0 N–H and O–H groups in total. The van der Waals surface area contributed by atoms with Gasteiger partial charge in [-0.2, -0.15) is 0 Å². The van der Waals surface area contributed by atoms with Crippen molar-refractivity contribution in [2.24, 2.45) is 5.92 Å². The Morgan fingerprint density at radius 2 is 1.85 bits per heavy atom. The van der Waals surface area contributed by atoms with E-state index in [2.05, 4.69) is 0 Å². The summed E-state index contributed by atoms with van der Waals surface area (Å²) < 4.78 is 15.4. The lowest BCUT2D eigenvalue weighted by atomic mass is 10.1. The third kappa shape index (κ3) is 6.10. The summed E-state index contributed by atoms with van der Waals surface area (Å²) in [7, 11) is 0. The number of carbonyl (C=O) groups excluding carboxylic acids is 1. The SMILES string of the molecule is CCC(c1nc2ccccc2c(=O)n1-c1ccc(F)c(Cl)c1)N(CC(C)C)C(=O)/C=C/c1ccc([N+](=O)[O-])cc1. The van der Waals surface area contributed by atoms with Crippen LogP contribution in [-0.4, -0.2) is 31.8 Å². The van der Waals surface area contributed by atoms with Gasteiger partial charge in [0.15, 0.2) is 0 Å². The number of aromatic nitrogens is 2. The Balaban J connectivity index is 1.84. The Bertz CT molecular complexity index is 1650. The van der Waals surface area contributed by atoms with Crippen molar-refractivity contribution in [1.29, 1.82) is 0 Å². The van der Waals surface area contributed by atoms with Gasteiger partial charge < -0.3 is 4.90 Å². The van der Waals surface area contributed by atoms with Gasteiger partial charge in [-0.3, -0.25) is 24.3 Å². The minimum absolute atomic E-state index is 0.0443. The molecular weight excluding hydrogens is 535 g/mol.